The number of thiocarbonyl (C=S) groups is 1. The molecule has 3 aromatic rings. The number of benzene rings is 2. The lowest BCUT2D eigenvalue weighted by atomic mass is 9.96. The Balaban J connectivity index is 1.45. The molecule has 40 heavy (non-hydrogen) atoms. The van der Waals surface area contributed by atoms with Crippen molar-refractivity contribution in [1.29, 1.82) is 0 Å². The zero-order valence-corrected chi connectivity index (χ0v) is 24.2. The van der Waals surface area contributed by atoms with E-state index in [1.165, 1.54) is 15.0 Å². The highest BCUT2D eigenvalue weighted by Gasteiger charge is 2.42. The van der Waals surface area contributed by atoms with Crippen molar-refractivity contribution >= 4 is 73.9 Å². The average molecular weight is 594 g/mol. The van der Waals surface area contributed by atoms with Crippen molar-refractivity contribution in [2.75, 3.05) is 11.4 Å². The van der Waals surface area contributed by atoms with Crippen LogP contribution in [0.15, 0.2) is 47.3 Å². The molecule has 1 aromatic heterocycles. The van der Waals surface area contributed by atoms with Gasteiger partial charge in [0.2, 0.25) is 0 Å². The van der Waals surface area contributed by atoms with E-state index in [0.29, 0.717) is 36.9 Å². The first-order chi connectivity index (χ1) is 19.3. The maximum Gasteiger partial charge on any atom is 0.323 e. The zero-order valence-electron chi connectivity index (χ0n) is 21.7. The lowest BCUT2D eigenvalue weighted by Crippen LogP contribution is -2.35. The normalized spacial score (nSPS) is 21.9. The summed E-state index contributed by atoms with van der Waals surface area (Å²) >= 11 is 7.57. The average Bonchev–Trinajstić information content (AvgIpc) is 3.67. The third-order valence-electron chi connectivity index (χ3n) is 7.78. The molecule has 1 saturated carbocycles. The fourth-order valence-corrected chi connectivity index (χ4v) is 8.62. The van der Waals surface area contributed by atoms with E-state index < -0.39 is 18.1 Å². The Hall–Kier alpha value is -3.25. The maximum atomic E-state index is 13.4. The number of fused-ring (bicyclic) bond motifs is 3. The summed E-state index contributed by atoms with van der Waals surface area (Å²) in [6.45, 7) is 1.70. The largest absolute Gasteiger partial charge is 0.480 e. The second-order valence-corrected chi connectivity index (χ2v) is 12.7. The summed E-state index contributed by atoms with van der Waals surface area (Å²) in [5, 5.41) is 18.9. The number of hydrogen-bond donors (Lipinski definition) is 2. The molecule has 1 aliphatic carbocycles. The molecule has 1 saturated heterocycles. The Kier molecular flexibility index (Phi) is 7.16. The van der Waals surface area contributed by atoms with Crippen molar-refractivity contribution in [2.24, 2.45) is 0 Å². The number of carbonyl (C=O) groups is 2. The van der Waals surface area contributed by atoms with E-state index in [1.54, 1.807) is 6.08 Å². The maximum absolute atomic E-state index is 13.4. The summed E-state index contributed by atoms with van der Waals surface area (Å²) in [5.74, 6) is -1.08. The molecule has 6 rings (SSSR count). The second kappa shape index (κ2) is 10.6. The van der Waals surface area contributed by atoms with Crippen molar-refractivity contribution in [3.05, 3.63) is 78.7 Å². The molecule has 2 fully saturated rings. The fourth-order valence-electron chi connectivity index (χ4n) is 5.98. The third kappa shape index (κ3) is 4.50. The highest BCUT2D eigenvalue weighted by molar-refractivity contribution is 8.30. The van der Waals surface area contributed by atoms with Gasteiger partial charge in [0.25, 0.3) is 11.5 Å². The van der Waals surface area contributed by atoms with Gasteiger partial charge in [0.1, 0.15) is 20.4 Å². The molecule has 0 radical (unpaired) electrons. The Morgan fingerprint density at radius 2 is 1.93 bits per heavy atom. The number of aliphatic carboxylic acids is 1. The molecular formula is C29H27N3O5S3. The molecule has 2 aliphatic heterocycles. The summed E-state index contributed by atoms with van der Waals surface area (Å²) in [5.41, 5.74) is 4.78. The minimum Gasteiger partial charge on any atom is -0.480 e. The smallest absolute Gasteiger partial charge is 0.323 e. The SMILES string of the molecule is CCN1C(=O)/C(=c2\s/c(=C/c3ccc4c(c3)C3CCCC3N4c3ccc(CO)cc3)c(=O)n2CC(=O)O)SC1=S. The Bertz CT molecular complexity index is 1730. The molecule has 2 atom stereocenters. The first-order valence-corrected chi connectivity index (χ1v) is 15.2. The molecule has 3 aliphatic rings. The van der Waals surface area contributed by atoms with Crippen molar-refractivity contribution in [1.82, 2.24) is 9.47 Å². The van der Waals surface area contributed by atoms with Gasteiger partial charge in [-0.15, -0.1) is 11.3 Å². The molecule has 2 N–H and O–H groups in total. The summed E-state index contributed by atoms with van der Waals surface area (Å²) in [6, 6.07) is 14.6. The van der Waals surface area contributed by atoms with Crippen LogP contribution in [-0.4, -0.2) is 48.5 Å². The zero-order chi connectivity index (χ0) is 28.1. The number of thioether (sulfide) groups is 1. The molecule has 3 heterocycles. The minimum atomic E-state index is -1.16. The van der Waals surface area contributed by atoms with Crippen LogP contribution in [0.25, 0.3) is 11.0 Å². The first kappa shape index (κ1) is 26.9. The van der Waals surface area contributed by atoms with Crippen LogP contribution in [0.1, 0.15) is 48.8 Å². The predicted molar refractivity (Wildman–Crippen MR) is 161 cm³/mol. The van der Waals surface area contributed by atoms with Crippen LogP contribution < -0.4 is 19.7 Å². The van der Waals surface area contributed by atoms with Gasteiger partial charge in [-0.1, -0.05) is 48.6 Å². The van der Waals surface area contributed by atoms with E-state index in [4.69, 9.17) is 12.2 Å². The number of anilines is 2. The van der Waals surface area contributed by atoms with Gasteiger partial charge in [-0.05, 0) is 66.8 Å². The van der Waals surface area contributed by atoms with Gasteiger partial charge < -0.3 is 15.1 Å². The van der Waals surface area contributed by atoms with Crippen LogP contribution in [0.2, 0.25) is 0 Å². The van der Waals surface area contributed by atoms with Crippen molar-refractivity contribution in [3.63, 3.8) is 0 Å². The standard InChI is InChI=1S/C29H27N3O5S3/c1-2-30-27(37)25(40-29(30)38)28-31(14-24(34)35)26(36)23(39-28)13-17-8-11-22-20(12-17)19-4-3-5-21(19)32(22)18-9-6-16(15-33)7-10-18/h6-13,19,21,33H,2-5,14-15H2,1H3,(H,34,35)/b23-13+,28-25+. The van der Waals surface area contributed by atoms with Gasteiger partial charge in [0, 0.05) is 29.9 Å². The molecular weight excluding hydrogens is 567 g/mol. The predicted octanol–water partition coefficient (Wildman–Crippen LogP) is 3.09. The van der Waals surface area contributed by atoms with Gasteiger partial charge >= 0.3 is 5.97 Å². The number of hydrogen-bond acceptors (Lipinski definition) is 8. The van der Waals surface area contributed by atoms with Crippen molar-refractivity contribution in [2.45, 2.75) is 51.3 Å². The summed E-state index contributed by atoms with van der Waals surface area (Å²) in [4.78, 5) is 42.1. The highest BCUT2D eigenvalue weighted by Crippen LogP contribution is 2.52. The molecule has 206 valence electrons. The van der Waals surface area contributed by atoms with E-state index >= 15 is 0 Å². The molecule has 2 aromatic carbocycles. The molecule has 11 heteroatoms. The van der Waals surface area contributed by atoms with E-state index in [9.17, 15) is 24.6 Å². The quantitative estimate of drug-likeness (QED) is 0.421. The number of amides is 1. The van der Waals surface area contributed by atoms with E-state index in [-0.39, 0.29) is 12.5 Å². The molecule has 1 amide bonds. The molecule has 0 spiro atoms. The van der Waals surface area contributed by atoms with Crippen LogP contribution in [-0.2, 0) is 22.7 Å². The second-order valence-electron chi connectivity index (χ2n) is 10.1. The van der Waals surface area contributed by atoms with Crippen LogP contribution in [0.4, 0.5) is 11.4 Å². The first-order valence-electron chi connectivity index (χ1n) is 13.1. The van der Waals surface area contributed by atoms with Gasteiger partial charge in [-0.3, -0.25) is 23.9 Å². The molecule has 0 bridgehead atoms. The number of aliphatic hydroxyl groups excluding tert-OH is 1. The van der Waals surface area contributed by atoms with Gasteiger partial charge in [0.05, 0.1) is 11.1 Å². The fraction of sp³-hybridized carbons (Fsp3) is 0.310. The van der Waals surface area contributed by atoms with Gasteiger partial charge in [-0.25, -0.2) is 0 Å². The highest BCUT2D eigenvalue weighted by atomic mass is 32.2. The van der Waals surface area contributed by atoms with Crippen LogP contribution in [0.5, 0.6) is 0 Å². The summed E-state index contributed by atoms with van der Waals surface area (Å²) in [6.07, 6.45) is 5.11. The van der Waals surface area contributed by atoms with Crippen LogP contribution in [0, 0.1) is 0 Å². The number of carboxylic acid groups (broad SMARTS) is 1. The monoisotopic (exact) mass is 593 g/mol. The minimum absolute atomic E-state index is 0.0103. The van der Waals surface area contributed by atoms with Crippen molar-refractivity contribution in [3.8, 4) is 0 Å². The van der Waals surface area contributed by atoms with Gasteiger partial charge in [0.15, 0.2) is 0 Å². The summed E-state index contributed by atoms with van der Waals surface area (Å²) < 4.78 is 2.26. The van der Waals surface area contributed by atoms with Crippen LogP contribution in [0.3, 0.4) is 0 Å². The number of nitrogens with zero attached hydrogens (tertiary/aromatic N) is 3. The summed E-state index contributed by atoms with van der Waals surface area (Å²) in [7, 11) is 0. The molecule has 8 nitrogen and oxygen atoms in total. The third-order valence-corrected chi connectivity index (χ3v) is 10.5. The van der Waals surface area contributed by atoms with E-state index in [0.717, 1.165) is 64.9 Å². The molecule has 2 unspecified atom stereocenters. The number of aliphatic hydroxyl groups is 1. The number of thiazole rings is 1. The van der Waals surface area contributed by atoms with E-state index in [1.807, 2.05) is 25.1 Å². The Morgan fingerprint density at radius 1 is 1.15 bits per heavy atom. The lowest BCUT2D eigenvalue weighted by Gasteiger charge is -2.27. The lowest BCUT2D eigenvalue weighted by molar-refractivity contribution is -0.137. The number of carbonyl (C=O) groups excluding carboxylic acids is 1. The number of aromatic nitrogens is 1. The van der Waals surface area contributed by atoms with E-state index in [2.05, 4.69) is 29.2 Å². The number of rotatable bonds is 6. The Labute approximate surface area is 243 Å². The Morgan fingerprint density at radius 3 is 2.60 bits per heavy atom. The number of carboxylic acids is 1. The van der Waals surface area contributed by atoms with Gasteiger partial charge in [-0.2, -0.15) is 0 Å². The topological polar surface area (TPSA) is 103 Å². The van der Waals surface area contributed by atoms with Crippen molar-refractivity contribution < 1.29 is 19.8 Å². The van der Waals surface area contributed by atoms with Crippen LogP contribution >= 0.6 is 35.3 Å².